The van der Waals surface area contributed by atoms with Gasteiger partial charge in [-0.1, -0.05) is 25.1 Å². The molecule has 0 saturated carbocycles. The third-order valence-electron chi connectivity index (χ3n) is 2.90. The van der Waals surface area contributed by atoms with Crippen LogP contribution in [0.1, 0.15) is 13.8 Å². The minimum atomic E-state index is -0.922. The fourth-order valence-corrected chi connectivity index (χ4v) is 1.97. The Morgan fingerprint density at radius 1 is 1.19 bits per heavy atom. The fourth-order valence-electron chi connectivity index (χ4n) is 1.97. The number of hydrogen-bond donors (Lipinski definition) is 3. The lowest BCUT2D eigenvalue weighted by Gasteiger charge is -2.24. The van der Waals surface area contributed by atoms with Crippen molar-refractivity contribution in [3.05, 3.63) is 30.3 Å². The molecule has 3 N–H and O–H groups in total. The van der Waals surface area contributed by atoms with E-state index < -0.39 is 18.0 Å². The number of carbonyl (C=O) groups is 2. The highest BCUT2D eigenvalue weighted by Crippen LogP contribution is 2.06. The quantitative estimate of drug-likeness (QED) is 0.666. The summed E-state index contributed by atoms with van der Waals surface area (Å²) in [5.74, 6) is -1.76. The summed E-state index contributed by atoms with van der Waals surface area (Å²) in [4.78, 5) is 24.5. The lowest BCUT2D eigenvalue weighted by Crippen LogP contribution is -2.41. The van der Waals surface area contributed by atoms with Crippen molar-refractivity contribution in [2.24, 2.45) is 5.92 Å². The lowest BCUT2D eigenvalue weighted by molar-refractivity contribution is -0.142. The molecule has 21 heavy (non-hydrogen) atoms. The molecule has 0 aliphatic rings. The smallest absolute Gasteiger partial charge is 0.307 e. The van der Waals surface area contributed by atoms with Crippen LogP contribution in [0.15, 0.2) is 30.3 Å². The van der Waals surface area contributed by atoms with Crippen LogP contribution in [0.4, 0.5) is 5.69 Å². The van der Waals surface area contributed by atoms with Gasteiger partial charge in [-0.25, -0.2) is 0 Å². The second kappa shape index (κ2) is 8.39. The van der Waals surface area contributed by atoms with Crippen molar-refractivity contribution in [2.75, 3.05) is 25.0 Å². The molecule has 116 valence electrons. The van der Waals surface area contributed by atoms with Crippen molar-refractivity contribution in [3.63, 3.8) is 0 Å². The van der Waals surface area contributed by atoms with Gasteiger partial charge in [-0.2, -0.15) is 0 Å². The topological polar surface area (TPSA) is 89.9 Å². The van der Waals surface area contributed by atoms with Crippen LogP contribution in [0.2, 0.25) is 0 Å². The van der Waals surface area contributed by atoms with Crippen LogP contribution in [0.3, 0.4) is 0 Å². The summed E-state index contributed by atoms with van der Waals surface area (Å²) in [6.07, 6.45) is -0.629. The molecule has 6 heteroatoms. The maximum atomic E-state index is 12.0. The van der Waals surface area contributed by atoms with Crippen LogP contribution in [0, 0.1) is 5.92 Å². The third-order valence-corrected chi connectivity index (χ3v) is 2.90. The van der Waals surface area contributed by atoms with Gasteiger partial charge >= 0.3 is 5.97 Å². The van der Waals surface area contributed by atoms with Crippen molar-refractivity contribution in [1.82, 2.24) is 4.90 Å². The summed E-state index contributed by atoms with van der Waals surface area (Å²) in [6.45, 7) is 3.68. The highest BCUT2D eigenvalue weighted by molar-refractivity contribution is 5.92. The number of para-hydroxylation sites is 1. The molecule has 2 atom stereocenters. The number of benzene rings is 1. The number of nitrogens with one attached hydrogen (secondary N) is 1. The SMILES string of the molecule is CC(O)CN(CC(=O)Nc1ccccc1)CC(C)C(=O)O. The lowest BCUT2D eigenvalue weighted by atomic mass is 10.1. The first-order chi connectivity index (χ1) is 9.88. The first kappa shape index (κ1) is 17.1. The zero-order valence-electron chi connectivity index (χ0n) is 12.3. The van der Waals surface area contributed by atoms with E-state index in [0.29, 0.717) is 5.69 Å². The zero-order valence-corrected chi connectivity index (χ0v) is 12.3. The van der Waals surface area contributed by atoms with E-state index >= 15 is 0 Å². The van der Waals surface area contributed by atoms with E-state index in [9.17, 15) is 14.7 Å². The van der Waals surface area contributed by atoms with Gasteiger partial charge < -0.3 is 15.5 Å². The first-order valence-electron chi connectivity index (χ1n) is 6.86. The number of aliphatic hydroxyl groups is 1. The second-order valence-corrected chi connectivity index (χ2v) is 5.20. The highest BCUT2D eigenvalue weighted by atomic mass is 16.4. The standard InChI is InChI=1S/C15H22N2O4/c1-11(15(20)21)8-17(9-12(2)18)10-14(19)16-13-6-4-3-5-7-13/h3-7,11-12,18H,8-10H2,1-2H3,(H,16,19)(H,20,21). The largest absolute Gasteiger partial charge is 0.481 e. The van der Waals surface area contributed by atoms with Gasteiger partial charge in [0.2, 0.25) is 5.91 Å². The average molecular weight is 294 g/mol. The fraction of sp³-hybridized carbons (Fsp3) is 0.467. The number of amides is 1. The van der Waals surface area contributed by atoms with Crippen molar-refractivity contribution in [2.45, 2.75) is 20.0 Å². The van der Waals surface area contributed by atoms with Crippen LogP contribution >= 0.6 is 0 Å². The molecule has 1 aromatic rings. The van der Waals surface area contributed by atoms with Gasteiger partial charge in [0.05, 0.1) is 18.6 Å². The van der Waals surface area contributed by atoms with E-state index in [2.05, 4.69) is 5.32 Å². The maximum absolute atomic E-state index is 12.0. The minimum absolute atomic E-state index is 0.0391. The van der Waals surface area contributed by atoms with Crippen LogP contribution < -0.4 is 5.32 Å². The van der Waals surface area contributed by atoms with Gasteiger partial charge in [0.1, 0.15) is 0 Å². The Hall–Kier alpha value is -1.92. The maximum Gasteiger partial charge on any atom is 0.307 e. The number of nitrogens with zero attached hydrogens (tertiary/aromatic N) is 1. The number of carbonyl (C=O) groups excluding carboxylic acids is 1. The Bertz CT molecular complexity index is 462. The highest BCUT2D eigenvalue weighted by Gasteiger charge is 2.19. The predicted molar refractivity (Wildman–Crippen MR) is 80.0 cm³/mol. The van der Waals surface area contributed by atoms with Crippen LogP contribution in [-0.2, 0) is 9.59 Å². The summed E-state index contributed by atoms with van der Waals surface area (Å²) < 4.78 is 0. The summed E-state index contributed by atoms with van der Waals surface area (Å²) in [5.41, 5.74) is 0.686. The van der Waals surface area contributed by atoms with E-state index in [4.69, 9.17) is 5.11 Å². The molecule has 0 fully saturated rings. The number of aliphatic hydroxyl groups excluding tert-OH is 1. The van der Waals surface area contributed by atoms with Crippen molar-refractivity contribution < 1.29 is 19.8 Å². The Labute approximate surface area is 124 Å². The molecule has 0 bridgehead atoms. The van der Waals surface area contributed by atoms with Gasteiger partial charge in [-0.05, 0) is 19.1 Å². The first-order valence-corrected chi connectivity index (χ1v) is 6.86. The number of hydrogen-bond acceptors (Lipinski definition) is 4. The van der Waals surface area contributed by atoms with Crippen molar-refractivity contribution >= 4 is 17.6 Å². The molecule has 2 unspecified atom stereocenters. The van der Waals surface area contributed by atoms with Gasteiger partial charge in [0.25, 0.3) is 0 Å². The second-order valence-electron chi connectivity index (χ2n) is 5.20. The summed E-state index contributed by atoms with van der Waals surface area (Å²) in [7, 11) is 0. The third kappa shape index (κ3) is 6.87. The number of rotatable bonds is 8. The molecular formula is C15H22N2O4. The van der Waals surface area contributed by atoms with Crippen LogP contribution in [-0.4, -0.2) is 52.7 Å². The monoisotopic (exact) mass is 294 g/mol. The number of anilines is 1. The summed E-state index contributed by atoms with van der Waals surface area (Å²) in [6, 6.07) is 9.03. The number of carboxylic acid groups (broad SMARTS) is 1. The summed E-state index contributed by atoms with van der Waals surface area (Å²) in [5, 5.41) is 21.1. The molecule has 0 aromatic heterocycles. The van der Waals surface area contributed by atoms with Crippen LogP contribution in [0.5, 0.6) is 0 Å². The Kier molecular flexibility index (Phi) is 6.84. The number of aliphatic carboxylic acids is 1. The molecule has 0 saturated heterocycles. The molecule has 0 spiro atoms. The molecular weight excluding hydrogens is 272 g/mol. The molecule has 6 nitrogen and oxygen atoms in total. The molecule has 0 aliphatic heterocycles. The van der Waals surface area contributed by atoms with Crippen molar-refractivity contribution in [1.29, 1.82) is 0 Å². The van der Waals surface area contributed by atoms with Gasteiger partial charge in [0.15, 0.2) is 0 Å². The average Bonchev–Trinajstić information content (AvgIpc) is 2.38. The van der Waals surface area contributed by atoms with E-state index in [1.165, 1.54) is 0 Å². The van der Waals surface area contributed by atoms with Crippen LogP contribution in [0.25, 0.3) is 0 Å². The van der Waals surface area contributed by atoms with E-state index in [1.807, 2.05) is 18.2 Å². The Balaban J connectivity index is 2.58. The van der Waals surface area contributed by atoms with Crippen molar-refractivity contribution in [3.8, 4) is 0 Å². The van der Waals surface area contributed by atoms with Gasteiger partial charge in [0, 0.05) is 18.8 Å². The normalized spacial score (nSPS) is 13.7. The Morgan fingerprint density at radius 3 is 2.33 bits per heavy atom. The molecule has 0 heterocycles. The minimum Gasteiger partial charge on any atom is -0.481 e. The van der Waals surface area contributed by atoms with Gasteiger partial charge in [-0.3, -0.25) is 14.5 Å². The van der Waals surface area contributed by atoms with Gasteiger partial charge in [-0.15, -0.1) is 0 Å². The van der Waals surface area contributed by atoms with E-state index in [0.717, 1.165) is 0 Å². The van der Waals surface area contributed by atoms with E-state index in [1.54, 1.807) is 30.9 Å². The summed E-state index contributed by atoms with van der Waals surface area (Å²) >= 11 is 0. The Morgan fingerprint density at radius 2 is 1.81 bits per heavy atom. The molecule has 0 radical (unpaired) electrons. The predicted octanol–water partition coefficient (Wildman–Crippen LogP) is 1.03. The molecule has 1 aromatic carbocycles. The molecule has 1 rings (SSSR count). The molecule has 1 amide bonds. The number of carboxylic acids is 1. The molecule has 0 aliphatic carbocycles. The zero-order chi connectivity index (χ0) is 15.8. The van der Waals surface area contributed by atoms with E-state index in [-0.39, 0.29) is 25.5 Å².